The van der Waals surface area contributed by atoms with Crippen LogP contribution in [0.5, 0.6) is 0 Å². The molecule has 2 amide bonds. The summed E-state index contributed by atoms with van der Waals surface area (Å²) in [5.74, 6) is -0.161. The molecule has 132 valence electrons. The van der Waals surface area contributed by atoms with Gasteiger partial charge in [0.2, 0.25) is 0 Å². The molecule has 0 aromatic heterocycles. The van der Waals surface area contributed by atoms with E-state index in [9.17, 15) is 14.0 Å². The smallest absolute Gasteiger partial charge is 0.407 e. The number of hydrogen-bond acceptors (Lipinski definition) is 3. The summed E-state index contributed by atoms with van der Waals surface area (Å²) < 4.78 is 19.9. The number of nitrogens with zero attached hydrogens (tertiary/aromatic N) is 1. The van der Waals surface area contributed by atoms with E-state index in [0.717, 1.165) is 0 Å². The molecule has 23 heavy (non-hydrogen) atoms. The summed E-state index contributed by atoms with van der Waals surface area (Å²) >= 11 is 0. The van der Waals surface area contributed by atoms with Crippen molar-refractivity contribution in [3.63, 3.8) is 0 Å². The van der Waals surface area contributed by atoms with Crippen LogP contribution >= 0.6 is 0 Å². The molecule has 1 aliphatic carbocycles. The molecular formula is C16H27FN2O4. The molecule has 2 N–H and O–H groups in total. The van der Waals surface area contributed by atoms with Crippen LogP contribution in [0.25, 0.3) is 0 Å². The zero-order valence-corrected chi connectivity index (χ0v) is 14.3. The third-order valence-electron chi connectivity index (χ3n) is 4.95. The van der Waals surface area contributed by atoms with Gasteiger partial charge in [0.1, 0.15) is 11.8 Å². The van der Waals surface area contributed by atoms with Gasteiger partial charge in [0.15, 0.2) is 0 Å². The fourth-order valence-electron chi connectivity index (χ4n) is 3.87. The highest BCUT2D eigenvalue weighted by atomic mass is 19.1. The first-order valence-corrected chi connectivity index (χ1v) is 8.15. The van der Waals surface area contributed by atoms with Gasteiger partial charge in [-0.15, -0.1) is 0 Å². The molecule has 0 unspecified atom stereocenters. The maximum Gasteiger partial charge on any atom is 0.407 e. The lowest BCUT2D eigenvalue weighted by Gasteiger charge is -2.42. The number of likely N-dealkylation sites (tertiary alicyclic amines) is 1. The third-order valence-corrected chi connectivity index (χ3v) is 4.95. The van der Waals surface area contributed by atoms with Crippen LogP contribution in [0.3, 0.4) is 0 Å². The molecule has 1 aliphatic heterocycles. The highest BCUT2D eigenvalue weighted by Gasteiger charge is 2.54. The molecule has 0 aromatic rings. The van der Waals surface area contributed by atoms with Crippen LogP contribution in [-0.4, -0.2) is 53.1 Å². The quantitative estimate of drug-likeness (QED) is 0.774. The minimum Gasteiger partial charge on any atom is -0.465 e. The van der Waals surface area contributed by atoms with Crippen molar-refractivity contribution in [2.24, 2.45) is 11.3 Å². The van der Waals surface area contributed by atoms with Crippen LogP contribution < -0.4 is 5.32 Å². The van der Waals surface area contributed by atoms with Gasteiger partial charge < -0.3 is 20.1 Å². The summed E-state index contributed by atoms with van der Waals surface area (Å²) in [6.07, 6.45) is -0.922. The number of carboxylic acid groups (broad SMARTS) is 1. The highest BCUT2D eigenvalue weighted by molar-refractivity contribution is 5.68. The number of rotatable bonds is 1. The summed E-state index contributed by atoms with van der Waals surface area (Å²) in [6, 6.07) is -0.622. The average Bonchev–Trinajstić information content (AvgIpc) is 2.62. The lowest BCUT2D eigenvalue weighted by Crippen LogP contribution is -2.54. The number of carbonyl (C=O) groups excluding carboxylic acids is 1. The van der Waals surface area contributed by atoms with Gasteiger partial charge in [-0.05, 0) is 51.4 Å². The first-order chi connectivity index (χ1) is 10.5. The lowest BCUT2D eigenvalue weighted by atomic mass is 9.73. The Morgan fingerprint density at radius 3 is 2.35 bits per heavy atom. The fraction of sp³-hybridized carbons (Fsp3) is 0.875. The third kappa shape index (κ3) is 3.87. The van der Waals surface area contributed by atoms with Crippen molar-refractivity contribution in [3.8, 4) is 0 Å². The van der Waals surface area contributed by atoms with Crippen molar-refractivity contribution in [2.45, 2.75) is 64.8 Å². The topological polar surface area (TPSA) is 78.9 Å². The Bertz CT molecular complexity index is 469. The van der Waals surface area contributed by atoms with Gasteiger partial charge in [-0.3, -0.25) is 0 Å². The van der Waals surface area contributed by atoms with Crippen LogP contribution in [0.1, 0.15) is 47.0 Å². The van der Waals surface area contributed by atoms with Crippen LogP contribution in [-0.2, 0) is 4.74 Å². The molecule has 2 rings (SSSR count). The number of carbonyl (C=O) groups is 2. The molecule has 7 heteroatoms. The van der Waals surface area contributed by atoms with Crippen molar-refractivity contribution in [1.29, 1.82) is 0 Å². The maximum atomic E-state index is 14.7. The van der Waals surface area contributed by atoms with Gasteiger partial charge in [-0.25, -0.2) is 14.0 Å². The maximum absolute atomic E-state index is 14.7. The zero-order valence-electron chi connectivity index (χ0n) is 14.3. The molecule has 1 saturated heterocycles. The van der Waals surface area contributed by atoms with E-state index in [1.54, 1.807) is 20.8 Å². The second kappa shape index (κ2) is 6.17. The van der Waals surface area contributed by atoms with Crippen molar-refractivity contribution < 1.29 is 23.8 Å². The zero-order chi connectivity index (χ0) is 17.4. The second-order valence-electron chi connectivity index (χ2n) is 7.88. The predicted molar refractivity (Wildman–Crippen MR) is 83.1 cm³/mol. The molecule has 6 nitrogen and oxygen atoms in total. The Hall–Kier alpha value is -1.53. The Kier molecular flexibility index (Phi) is 4.78. The van der Waals surface area contributed by atoms with Crippen LogP contribution in [0.4, 0.5) is 14.0 Å². The minimum absolute atomic E-state index is 0.161. The van der Waals surface area contributed by atoms with Crippen molar-refractivity contribution in [2.75, 3.05) is 13.1 Å². The molecule has 1 saturated carbocycles. The Morgan fingerprint density at radius 2 is 1.87 bits per heavy atom. The Labute approximate surface area is 136 Å². The molecule has 0 aromatic carbocycles. The van der Waals surface area contributed by atoms with Crippen LogP contribution in [0.2, 0.25) is 0 Å². The fourth-order valence-corrected chi connectivity index (χ4v) is 3.87. The first kappa shape index (κ1) is 17.8. The largest absolute Gasteiger partial charge is 0.465 e. The summed E-state index contributed by atoms with van der Waals surface area (Å²) in [5, 5.41) is 11.8. The normalized spacial score (nSPS) is 30.3. The molecule has 2 aliphatic rings. The SMILES string of the molecule is C[C@@H]1CC2(CCN(C(=O)O)CC2)[C@@H](NC(=O)OC(C)(C)C)[C@H]1F. The number of ether oxygens (including phenoxy) is 1. The number of piperidine rings is 1. The molecule has 0 radical (unpaired) electrons. The summed E-state index contributed by atoms with van der Waals surface area (Å²) in [4.78, 5) is 24.5. The van der Waals surface area contributed by atoms with Crippen molar-refractivity contribution in [3.05, 3.63) is 0 Å². The van der Waals surface area contributed by atoms with E-state index in [0.29, 0.717) is 32.4 Å². The van der Waals surface area contributed by atoms with E-state index < -0.39 is 30.0 Å². The monoisotopic (exact) mass is 330 g/mol. The molecule has 3 atom stereocenters. The van der Waals surface area contributed by atoms with Gasteiger partial charge in [0.25, 0.3) is 0 Å². The molecule has 2 fully saturated rings. The van der Waals surface area contributed by atoms with Gasteiger partial charge in [0, 0.05) is 13.1 Å². The van der Waals surface area contributed by atoms with E-state index in [2.05, 4.69) is 5.32 Å². The van der Waals surface area contributed by atoms with E-state index in [1.165, 1.54) is 4.90 Å². The van der Waals surface area contributed by atoms with E-state index in [-0.39, 0.29) is 11.3 Å². The number of halogens is 1. The number of alkyl halides is 1. The van der Waals surface area contributed by atoms with Gasteiger partial charge in [-0.1, -0.05) is 6.92 Å². The van der Waals surface area contributed by atoms with E-state index in [4.69, 9.17) is 9.84 Å². The molecule has 1 spiro atoms. The first-order valence-electron chi connectivity index (χ1n) is 8.15. The molecular weight excluding hydrogens is 303 g/mol. The number of alkyl carbamates (subject to hydrolysis) is 1. The predicted octanol–water partition coefficient (Wildman–Crippen LogP) is 3.02. The Morgan fingerprint density at radius 1 is 1.30 bits per heavy atom. The summed E-state index contributed by atoms with van der Waals surface area (Å²) in [5.41, 5.74) is -1.03. The van der Waals surface area contributed by atoms with Crippen LogP contribution in [0, 0.1) is 11.3 Å². The van der Waals surface area contributed by atoms with E-state index in [1.807, 2.05) is 6.92 Å². The van der Waals surface area contributed by atoms with Gasteiger partial charge >= 0.3 is 12.2 Å². The van der Waals surface area contributed by atoms with Crippen molar-refractivity contribution >= 4 is 12.2 Å². The molecule has 0 bridgehead atoms. The molecule has 1 heterocycles. The van der Waals surface area contributed by atoms with Crippen molar-refractivity contribution in [1.82, 2.24) is 10.2 Å². The number of nitrogens with one attached hydrogen (secondary N) is 1. The van der Waals surface area contributed by atoms with Gasteiger partial charge in [-0.2, -0.15) is 0 Å². The Balaban J connectivity index is 2.09. The standard InChI is InChI=1S/C16H27FN2O4/c1-10-9-16(5-7-19(8-6-16)14(21)22)12(11(10)17)18-13(20)23-15(2,3)4/h10-12H,5-9H2,1-4H3,(H,18,20)(H,21,22)/t10-,11+,12+/m1/s1. The lowest BCUT2D eigenvalue weighted by molar-refractivity contribution is 0.0314. The minimum atomic E-state index is -1.14. The summed E-state index contributed by atoms with van der Waals surface area (Å²) in [7, 11) is 0. The highest BCUT2D eigenvalue weighted by Crippen LogP contribution is 2.50. The number of hydrogen-bond donors (Lipinski definition) is 2. The van der Waals surface area contributed by atoms with Crippen LogP contribution in [0.15, 0.2) is 0 Å². The number of amides is 2. The second-order valence-corrected chi connectivity index (χ2v) is 7.88. The summed E-state index contributed by atoms with van der Waals surface area (Å²) in [6.45, 7) is 7.88. The average molecular weight is 330 g/mol. The van der Waals surface area contributed by atoms with E-state index >= 15 is 0 Å². The van der Waals surface area contributed by atoms with Gasteiger partial charge in [0.05, 0.1) is 6.04 Å².